The number of rotatable bonds is 0. The van der Waals surface area contributed by atoms with E-state index in [1.54, 1.807) is 12.4 Å². The van der Waals surface area contributed by atoms with Gasteiger partial charge in [0.2, 0.25) is 0 Å². The Labute approximate surface area is 125 Å². The van der Waals surface area contributed by atoms with Crippen molar-refractivity contribution in [3.63, 3.8) is 0 Å². The van der Waals surface area contributed by atoms with Gasteiger partial charge < -0.3 is 0 Å². The highest BCUT2D eigenvalue weighted by Crippen LogP contribution is 2.25. The molecule has 0 N–H and O–H groups in total. The van der Waals surface area contributed by atoms with Crippen LogP contribution in [0.4, 0.5) is 0 Å². The molecule has 1 aromatic carbocycles. The third-order valence-corrected chi connectivity index (χ3v) is 3.94. The molecule has 22 heavy (non-hydrogen) atoms. The minimum absolute atomic E-state index is 0.956. The number of nitrogens with zero attached hydrogens (tertiary/aromatic N) is 4. The summed E-state index contributed by atoms with van der Waals surface area (Å²) in [5.41, 5.74) is 3.85. The highest BCUT2D eigenvalue weighted by Gasteiger charge is 2.05. The van der Waals surface area contributed by atoms with Gasteiger partial charge in [0.25, 0.3) is 0 Å². The van der Waals surface area contributed by atoms with E-state index in [1.807, 2.05) is 24.5 Å². The van der Waals surface area contributed by atoms with Gasteiger partial charge in [0.05, 0.1) is 22.1 Å². The van der Waals surface area contributed by atoms with E-state index >= 15 is 0 Å². The first kappa shape index (κ1) is 11.5. The summed E-state index contributed by atoms with van der Waals surface area (Å²) in [7, 11) is 0. The van der Waals surface area contributed by atoms with Gasteiger partial charge >= 0.3 is 0 Å². The summed E-state index contributed by atoms with van der Waals surface area (Å²) < 4.78 is 0. The molecule has 0 aliphatic carbocycles. The van der Waals surface area contributed by atoms with E-state index in [9.17, 15) is 0 Å². The monoisotopic (exact) mass is 282 g/mol. The van der Waals surface area contributed by atoms with E-state index < -0.39 is 0 Å². The Hall–Kier alpha value is -3.14. The van der Waals surface area contributed by atoms with Crippen LogP contribution in [0.1, 0.15) is 0 Å². The van der Waals surface area contributed by atoms with Crippen molar-refractivity contribution < 1.29 is 0 Å². The van der Waals surface area contributed by atoms with Crippen LogP contribution in [-0.4, -0.2) is 19.9 Å². The standard InChI is InChI=1S/C18H10N4/c1-3-19-9-13-5-11-8-18-12(7-17(11)21-15(1)13)6-14-10-20-4-2-16(14)22-18/h1-10H. The molecule has 5 rings (SSSR count). The lowest BCUT2D eigenvalue weighted by Crippen LogP contribution is -1.87. The summed E-state index contributed by atoms with van der Waals surface area (Å²) in [5, 5.41) is 4.24. The van der Waals surface area contributed by atoms with Crippen LogP contribution < -0.4 is 0 Å². The van der Waals surface area contributed by atoms with E-state index in [0.29, 0.717) is 0 Å². The van der Waals surface area contributed by atoms with Crippen LogP contribution in [0.3, 0.4) is 0 Å². The SMILES string of the molecule is c1cc2nc3cc4cc5cnccc5nc4cc3cc2cn1. The van der Waals surface area contributed by atoms with Gasteiger partial charge in [-0.15, -0.1) is 0 Å². The zero-order chi connectivity index (χ0) is 14.5. The predicted molar refractivity (Wildman–Crippen MR) is 87.6 cm³/mol. The quantitative estimate of drug-likeness (QED) is 0.404. The Kier molecular flexibility index (Phi) is 2.19. The maximum Gasteiger partial charge on any atom is 0.0740 e. The fraction of sp³-hybridized carbons (Fsp3) is 0. The van der Waals surface area contributed by atoms with Crippen LogP contribution in [0.15, 0.2) is 61.2 Å². The highest BCUT2D eigenvalue weighted by molar-refractivity contribution is 6.02. The number of hydrogen-bond donors (Lipinski definition) is 0. The zero-order valence-electron chi connectivity index (χ0n) is 11.6. The molecule has 0 aliphatic rings. The maximum absolute atomic E-state index is 4.72. The van der Waals surface area contributed by atoms with Crippen molar-refractivity contribution in [3.8, 4) is 0 Å². The summed E-state index contributed by atoms with van der Waals surface area (Å²) >= 11 is 0. The lowest BCUT2D eigenvalue weighted by Gasteiger charge is -2.05. The van der Waals surface area contributed by atoms with E-state index in [1.165, 1.54) is 0 Å². The van der Waals surface area contributed by atoms with Crippen LogP contribution in [0.25, 0.3) is 43.6 Å². The van der Waals surface area contributed by atoms with E-state index in [2.05, 4.69) is 34.2 Å². The first-order valence-corrected chi connectivity index (χ1v) is 7.06. The molecule has 102 valence electrons. The van der Waals surface area contributed by atoms with Gasteiger partial charge in [-0.2, -0.15) is 0 Å². The van der Waals surface area contributed by atoms with Gasteiger partial charge in [0.1, 0.15) is 0 Å². The lowest BCUT2D eigenvalue weighted by molar-refractivity contribution is 1.34. The second kappa shape index (κ2) is 4.18. The Morgan fingerprint density at radius 1 is 0.500 bits per heavy atom. The van der Waals surface area contributed by atoms with Crippen molar-refractivity contribution in [1.82, 2.24) is 19.9 Å². The molecule has 0 saturated carbocycles. The van der Waals surface area contributed by atoms with Gasteiger partial charge in [-0.05, 0) is 36.4 Å². The van der Waals surface area contributed by atoms with Crippen molar-refractivity contribution in [3.05, 3.63) is 61.2 Å². The summed E-state index contributed by atoms with van der Waals surface area (Å²) in [6.45, 7) is 0. The average molecular weight is 282 g/mol. The Bertz CT molecular complexity index is 997. The molecular formula is C18H10N4. The van der Waals surface area contributed by atoms with Gasteiger partial charge in [0.15, 0.2) is 0 Å². The second-order valence-electron chi connectivity index (χ2n) is 5.35. The molecule has 0 unspecified atom stereocenters. The van der Waals surface area contributed by atoms with Crippen LogP contribution >= 0.6 is 0 Å². The molecule has 4 nitrogen and oxygen atoms in total. The third kappa shape index (κ3) is 1.64. The van der Waals surface area contributed by atoms with Crippen LogP contribution in [0, 0.1) is 0 Å². The minimum Gasteiger partial charge on any atom is -0.264 e. The molecule has 4 aromatic heterocycles. The maximum atomic E-state index is 4.72. The van der Waals surface area contributed by atoms with E-state index in [-0.39, 0.29) is 0 Å². The van der Waals surface area contributed by atoms with Crippen LogP contribution in [0.5, 0.6) is 0 Å². The molecule has 4 heteroatoms. The molecule has 0 radical (unpaired) electrons. The van der Waals surface area contributed by atoms with Crippen molar-refractivity contribution in [2.75, 3.05) is 0 Å². The molecule has 0 fully saturated rings. The van der Waals surface area contributed by atoms with Gasteiger partial charge in [-0.1, -0.05) is 0 Å². The van der Waals surface area contributed by atoms with Crippen molar-refractivity contribution in [1.29, 1.82) is 0 Å². The molecule has 4 heterocycles. The molecule has 0 aliphatic heterocycles. The fourth-order valence-corrected chi connectivity index (χ4v) is 2.85. The van der Waals surface area contributed by atoms with Crippen LogP contribution in [-0.2, 0) is 0 Å². The molecule has 0 bridgehead atoms. The normalized spacial score (nSPS) is 11.6. The smallest absolute Gasteiger partial charge is 0.0740 e. The number of aromatic nitrogens is 4. The topological polar surface area (TPSA) is 51.6 Å². The van der Waals surface area contributed by atoms with Gasteiger partial charge in [0, 0.05) is 46.3 Å². The van der Waals surface area contributed by atoms with Gasteiger partial charge in [-0.3, -0.25) is 9.97 Å². The summed E-state index contributed by atoms with van der Waals surface area (Å²) in [6.07, 6.45) is 7.21. The predicted octanol–water partition coefficient (Wildman–Crippen LogP) is 3.88. The van der Waals surface area contributed by atoms with Crippen LogP contribution in [0.2, 0.25) is 0 Å². The molecule has 5 aromatic rings. The number of fused-ring (bicyclic) bond motifs is 4. The highest BCUT2D eigenvalue weighted by atomic mass is 14.7. The second-order valence-corrected chi connectivity index (χ2v) is 5.35. The number of benzene rings is 1. The van der Waals surface area contributed by atoms with Crippen molar-refractivity contribution >= 4 is 43.6 Å². The first-order chi connectivity index (χ1) is 10.9. The van der Waals surface area contributed by atoms with E-state index in [0.717, 1.165) is 43.6 Å². The molecular weight excluding hydrogens is 272 g/mol. The summed E-state index contributed by atoms with van der Waals surface area (Å²) in [4.78, 5) is 17.8. The summed E-state index contributed by atoms with van der Waals surface area (Å²) in [5.74, 6) is 0. The molecule has 0 amide bonds. The largest absolute Gasteiger partial charge is 0.264 e. The third-order valence-electron chi connectivity index (χ3n) is 3.94. The fourth-order valence-electron chi connectivity index (χ4n) is 2.85. The Balaban J connectivity index is 1.93. The van der Waals surface area contributed by atoms with E-state index in [4.69, 9.17) is 9.97 Å². The minimum atomic E-state index is 0.956. The average Bonchev–Trinajstić information content (AvgIpc) is 2.56. The lowest BCUT2D eigenvalue weighted by atomic mass is 10.1. The Morgan fingerprint density at radius 2 is 1.00 bits per heavy atom. The van der Waals surface area contributed by atoms with Crippen molar-refractivity contribution in [2.45, 2.75) is 0 Å². The zero-order valence-corrected chi connectivity index (χ0v) is 11.6. The molecule has 0 spiro atoms. The first-order valence-electron chi connectivity index (χ1n) is 7.06. The molecule has 0 atom stereocenters. The number of pyridine rings is 4. The molecule has 0 saturated heterocycles. The summed E-state index contributed by atoms with van der Waals surface area (Å²) in [6, 6.07) is 12.3. The van der Waals surface area contributed by atoms with Gasteiger partial charge in [-0.25, -0.2) is 9.97 Å². The Morgan fingerprint density at radius 3 is 1.50 bits per heavy atom. The number of hydrogen-bond acceptors (Lipinski definition) is 4. The van der Waals surface area contributed by atoms with Crippen molar-refractivity contribution in [2.24, 2.45) is 0 Å².